The van der Waals surface area contributed by atoms with Gasteiger partial charge in [-0.05, 0) is 35.7 Å². The van der Waals surface area contributed by atoms with Crippen LogP contribution < -0.4 is 15.4 Å². The first-order chi connectivity index (χ1) is 14.2. The van der Waals surface area contributed by atoms with E-state index in [4.69, 9.17) is 11.6 Å². The van der Waals surface area contributed by atoms with E-state index in [2.05, 4.69) is 20.4 Å². The lowest BCUT2D eigenvalue weighted by Gasteiger charge is -2.11. The van der Waals surface area contributed by atoms with E-state index >= 15 is 0 Å². The fourth-order valence-electron chi connectivity index (χ4n) is 2.25. The Morgan fingerprint density at radius 3 is 2.53 bits per heavy atom. The van der Waals surface area contributed by atoms with E-state index in [9.17, 15) is 22.8 Å². The summed E-state index contributed by atoms with van der Waals surface area (Å²) in [6, 6.07) is 10.3. The van der Waals surface area contributed by atoms with Crippen LogP contribution in [-0.2, 0) is 0 Å². The molecule has 0 spiro atoms. The number of anilines is 2. The van der Waals surface area contributed by atoms with Crippen molar-refractivity contribution in [3.05, 3.63) is 69.5 Å². The number of rotatable bonds is 6. The number of halogens is 4. The molecule has 0 unspecified atom stereocenters. The molecule has 0 bridgehead atoms. The minimum absolute atomic E-state index is 0.207. The van der Waals surface area contributed by atoms with E-state index < -0.39 is 18.7 Å². The summed E-state index contributed by atoms with van der Waals surface area (Å²) < 4.78 is 41.0. The lowest BCUT2D eigenvalue weighted by Crippen LogP contribution is -2.19. The maximum atomic E-state index is 12.5. The van der Waals surface area contributed by atoms with Crippen molar-refractivity contribution in [2.75, 3.05) is 17.2 Å². The monoisotopic (exact) mass is 455 g/mol. The molecular formula is C19H13ClF3N3O3S. The highest BCUT2D eigenvalue weighted by atomic mass is 35.5. The van der Waals surface area contributed by atoms with E-state index in [0.717, 1.165) is 0 Å². The van der Waals surface area contributed by atoms with Gasteiger partial charge in [0.2, 0.25) is 5.88 Å². The first-order valence-electron chi connectivity index (χ1n) is 8.32. The second-order valence-electron chi connectivity index (χ2n) is 5.87. The molecule has 11 heteroatoms. The Hall–Kier alpha value is -3.11. The van der Waals surface area contributed by atoms with Crippen LogP contribution in [0.5, 0.6) is 5.88 Å². The lowest BCUT2D eigenvalue weighted by atomic mass is 10.1. The number of nitrogens with one attached hydrogen (secondary N) is 2. The van der Waals surface area contributed by atoms with Gasteiger partial charge in [0, 0.05) is 11.6 Å². The average molecular weight is 456 g/mol. The van der Waals surface area contributed by atoms with Crippen LogP contribution in [0.15, 0.2) is 54.0 Å². The van der Waals surface area contributed by atoms with Gasteiger partial charge < -0.3 is 15.4 Å². The Morgan fingerprint density at radius 1 is 1.10 bits per heavy atom. The van der Waals surface area contributed by atoms with Crippen LogP contribution in [0.2, 0.25) is 5.02 Å². The molecule has 0 saturated carbocycles. The number of aromatic nitrogens is 1. The Balaban J connectivity index is 1.66. The number of thiophene rings is 1. The molecule has 156 valence electrons. The largest absolute Gasteiger partial charge is 0.468 e. The number of carbonyl (C=O) groups is 2. The van der Waals surface area contributed by atoms with Crippen molar-refractivity contribution < 1.29 is 27.5 Å². The molecule has 2 aromatic heterocycles. The molecule has 6 nitrogen and oxygen atoms in total. The summed E-state index contributed by atoms with van der Waals surface area (Å²) in [5.41, 5.74) is 0.716. The van der Waals surface area contributed by atoms with Crippen molar-refractivity contribution in [1.82, 2.24) is 4.98 Å². The van der Waals surface area contributed by atoms with Crippen LogP contribution in [0.3, 0.4) is 0 Å². The number of nitrogens with zero attached hydrogens (tertiary/aromatic N) is 1. The molecule has 0 radical (unpaired) electrons. The Kier molecular flexibility index (Phi) is 6.58. The number of ether oxygens (including phenoxy) is 1. The minimum atomic E-state index is -4.47. The van der Waals surface area contributed by atoms with Gasteiger partial charge in [0.05, 0.1) is 27.5 Å². The zero-order valence-corrected chi connectivity index (χ0v) is 16.6. The zero-order chi connectivity index (χ0) is 21.7. The van der Waals surface area contributed by atoms with Crippen LogP contribution in [-0.4, -0.2) is 29.6 Å². The van der Waals surface area contributed by atoms with Gasteiger partial charge in [0.25, 0.3) is 11.8 Å². The number of amides is 2. The van der Waals surface area contributed by atoms with Crippen molar-refractivity contribution in [3.8, 4) is 5.88 Å². The summed E-state index contributed by atoms with van der Waals surface area (Å²) in [4.78, 5) is 28.9. The number of benzene rings is 1. The van der Waals surface area contributed by atoms with Gasteiger partial charge in [-0.25, -0.2) is 4.98 Å². The minimum Gasteiger partial charge on any atom is -0.468 e. The molecule has 0 aliphatic carbocycles. The van der Waals surface area contributed by atoms with E-state index in [1.807, 2.05) is 0 Å². The van der Waals surface area contributed by atoms with Crippen molar-refractivity contribution in [3.63, 3.8) is 0 Å². The number of alkyl halides is 3. The van der Waals surface area contributed by atoms with E-state index in [-0.39, 0.29) is 33.7 Å². The summed E-state index contributed by atoms with van der Waals surface area (Å²) in [5.74, 6) is -1.11. The molecule has 1 aromatic carbocycles. The Bertz CT molecular complexity index is 1040. The van der Waals surface area contributed by atoms with Crippen molar-refractivity contribution in [2.45, 2.75) is 6.18 Å². The lowest BCUT2D eigenvalue weighted by molar-refractivity contribution is -0.154. The molecule has 3 aromatic rings. The summed E-state index contributed by atoms with van der Waals surface area (Å²) in [7, 11) is 0. The van der Waals surface area contributed by atoms with Gasteiger partial charge in [-0.1, -0.05) is 17.7 Å². The van der Waals surface area contributed by atoms with Crippen LogP contribution in [0, 0.1) is 0 Å². The number of hydrogen-bond acceptors (Lipinski definition) is 5. The number of hydrogen-bond donors (Lipinski definition) is 2. The van der Waals surface area contributed by atoms with Crippen molar-refractivity contribution in [2.24, 2.45) is 0 Å². The van der Waals surface area contributed by atoms with Gasteiger partial charge in [0.1, 0.15) is 0 Å². The quantitative estimate of drug-likeness (QED) is 0.532. The van der Waals surface area contributed by atoms with E-state index in [1.165, 1.54) is 47.9 Å². The summed E-state index contributed by atoms with van der Waals surface area (Å²) in [6.07, 6.45) is -3.31. The molecule has 0 saturated heterocycles. The molecule has 30 heavy (non-hydrogen) atoms. The van der Waals surface area contributed by atoms with Crippen LogP contribution >= 0.6 is 22.9 Å². The summed E-state index contributed by atoms with van der Waals surface area (Å²) in [5, 5.41) is 7.21. The van der Waals surface area contributed by atoms with Gasteiger partial charge in [-0.2, -0.15) is 13.2 Å². The third-order valence-corrected chi connectivity index (χ3v) is 4.80. The smallest absolute Gasteiger partial charge is 0.422 e. The highest BCUT2D eigenvalue weighted by Crippen LogP contribution is 2.25. The average Bonchev–Trinajstić information content (AvgIpc) is 3.23. The van der Waals surface area contributed by atoms with E-state index in [0.29, 0.717) is 4.88 Å². The molecular weight excluding hydrogens is 443 g/mol. The predicted molar refractivity (Wildman–Crippen MR) is 107 cm³/mol. The van der Waals surface area contributed by atoms with Crippen LogP contribution in [0.25, 0.3) is 0 Å². The van der Waals surface area contributed by atoms with Gasteiger partial charge in [0.15, 0.2) is 6.61 Å². The second kappa shape index (κ2) is 9.14. The van der Waals surface area contributed by atoms with Gasteiger partial charge in [-0.3, -0.25) is 9.59 Å². The fourth-order valence-corrected chi connectivity index (χ4v) is 3.04. The maximum Gasteiger partial charge on any atom is 0.422 e. The first kappa shape index (κ1) is 21.6. The molecule has 0 atom stereocenters. The fraction of sp³-hybridized carbons (Fsp3) is 0.105. The highest BCUT2D eigenvalue weighted by molar-refractivity contribution is 7.12. The highest BCUT2D eigenvalue weighted by Gasteiger charge is 2.28. The molecule has 2 amide bonds. The molecule has 0 aliphatic rings. The molecule has 0 aliphatic heterocycles. The SMILES string of the molecule is O=C(Nc1ccc(OCC(F)(F)F)nc1)c1ccc(Cl)c(NC(=O)c2cccs2)c1. The molecule has 2 N–H and O–H groups in total. The number of pyridine rings is 1. The van der Waals surface area contributed by atoms with Crippen LogP contribution in [0.1, 0.15) is 20.0 Å². The van der Waals surface area contributed by atoms with E-state index in [1.54, 1.807) is 17.5 Å². The molecule has 3 rings (SSSR count). The standard InChI is InChI=1S/C19H13ClF3N3O3S/c20-13-5-3-11(8-14(13)26-18(28)15-2-1-7-30-15)17(27)25-12-4-6-16(24-9-12)29-10-19(21,22)23/h1-9H,10H2,(H,25,27)(H,26,28). The normalized spacial score (nSPS) is 11.1. The summed E-state index contributed by atoms with van der Waals surface area (Å²) in [6.45, 7) is -1.46. The third kappa shape index (κ3) is 5.94. The van der Waals surface area contributed by atoms with Gasteiger partial charge >= 0.3 is 6.18 Å². The predicted octanol–water partition coefficient (Wildman–Crippen LogP) is 5.24. The summed E-state index contributed by atoms with van der Waals surface area (Å²) >= 11 is 7.36. The first-order valence-corrected chi connectivity index (χ1v) is 9.58. The molecule has 0 fully saturated rings. The third-order valence-electron chi connectivity index (χ3n) is 3.60. The Labute approximate surface area is 177 Å². The zero-order valence-electron chi connectivity index (χ0n) is 15.0. The van der Waals surface area contributed by atoms with Crippen LogP contribution in [0.4, 0.5) is 24.5 Å². The maximum absolute atomic E-state index is 12.5. The second-order valence-corrected chi connectivity index (χ2v) is 7.22. The van der Waals surface area contributed by atoms with Gasteiger partial charge in [-0.15, -0.1) is 11.3 Å². The van der Waals surface area contributed by atoms with Crippen molar-refractivity contribution >= 4 is 46.1 Å². The topological polar surface area (TPSA) is 80.3 Å². The Morgan fingerprint density at radius 2 is 1.90 bits per heavy atom. The molecule has 2 heterocycles. The van der Waals surface area contributed by atoms with Crippen molar-refractivity contribution in [1.29, 1.82) is 0 Å². The number of carbonyl (C=O) groups excluding carboxylic acids is 2.